The summed E-state index contributed by atoms with van der Waals surface area (Å²) in [6.07, 6.45) is 1.22. The van der Waals surface area contributed by atoms with Gasteiger partial charge in [0.05, 0.1) is 19.1 Å². The van der Waals surface area contributed by atoms with E-state index in [0.717, 1.165) is 5.56 Å². The van der Waals surface area contributed by atoms with Crippen LogP contribution in [0, 0.1) is 5.92 Å². The van der Waals surface area contributed by atoms with Crippen LogP contribution in [0.3, 0.4) is 0 Å². The van der Waals surface area contributed by atoms with Crippen molar-refractivity contribution in [1.82, 2.24) is 10.6 Å². The number of Topliss-reactive ketones (excluding diaryl/α,β-unsaturated/α-hetero) is 2. The molecule has 0 unspecified atom stereocenters. The minimum absolute atomic E-state index is 0.0934. The largest absolute Gasteiger partial charge is 0.469 e. The summed E-state index contributed by atoms with van der Waals surface area (Å²) in [5, 5.41) is 5.30. The first-order chi connectivity index (χ1) is 18.3. The highest BCUT2D eigenvalue weighted by atomic mass is 16.6. The normalized spacial score (nSPS) is 13.1. The van der Waals surface area contributed by atoms with Gasteiger partial charge in [-0.15, -0.1) is 0 Å². The molecule has 1 rings (SSSR count). The number of aliphatic imine (C=N–C) groups is 1. The fourth-order valence-electron chi connectivity index (χ4n) is 3.75. The average Bonchev–Trinajstić information content (AvgIpc) is 2.84. The topological polar surface area (TPSA) is 140 Å². The molecule has 0 bridgehead atoms. The van der Waals surface area contributed by atoms with Crippen LogP contribution < -0.4 is 10.6 Å². The molecule has 1 aromatic carbocycles. The number of hydrogen-bond donors (Lipinski definition) is 2. The molecule has 0 aliphatic heterocycles. The van der Waals surface area contributed by atoms with Crippen LogP contribution >= 0.6 is 0 Å². The van der Waals surface area contributed by atoms with Gasteiger partial charge in [-0.25, -0.2) is 4.79 Å². The Morgan fingerprint density at radius 2 is 1.64 bits per heavy atom. The van der Waals surface area contributed by atoms with E-state index in [2.05, 4.69) is 15.6 Å². The van der Waals surface area contributed by atoms with Gasteiger partial charge in [0.25, 0.3) is 0 Å². The number of esters is 1. The molecule has 2 amide bonds. The number of alkyl carbamates (subject to hydrolysis) is 1. The first-order valence-electron chi connectivity index (χ1n) is 13.2. The van der Waals surface area contributed by atoms with Crippen molar-refractivity contribution >= 4 is 35.4 Å². The summed E-state index contributed by atoms with van der Waals surface area (Å²) in [4.78, 5) is 65.7. The van der Waals surface area contributed by atoms with Crippen LogP contribution in [0.2, 0.25) is 0 Å². The summed E-state index contributed by atoms with van der Waals surface area (Å²) >= 11 is 0. The predicted octanol–water partition coefficient (Wildman–Crippen LogP) is 3.94. The average molecular weight is 546 g/mol. The van der Waals surface area contributed by atoms with Gasteiger partial charge >= 0.3 is 12.1 Å². The van der Waals surface area contributed by atoms with Gasteiger partial charge in [-0.3, -0.25) is 24.7 Å². The van der Waals surface area contributed by atoms with Crippen molar-refractivity contribution in [2.75, 3.05) is 13.7 Å². The molecule has 1 aromatic rings. The Hall–Kier alpha value is -3.56. The second kappa shape index (κ2) is 17.1. The molecule has 10 heteroatoms. The monoisotopic (exact) mass is 545 g/mol. The Morgan fingerprint density at radius 1 is 0.974 bits per heavy atom. The maximum absolute atomic E-state index is 13.1. The number of unbranched alkanes of at least 4 members (excludes halogenated alkanes) is 1. The van der Waals surface area contributed by atoms with Gasteiger partial charge in [0.1, 0.15) is 17.2 Å². The lowest BCUT2D eigenvalue weighted by Gasteiger charge is -2.20. The highest BCUT2D eigenvalue weighted by Crippen LogP contribution is 2.17. The third-order valence-corrected chi connectivity index (χ3v) is 5.66. The number of ether oxygens (including phenoxy) is 2. The van der Waals surface area contributed by atoms with Crippen LogP contribution in [0.4, 0.5) is 4.79 Å². The number of hydrogen-bond acceptors (Lipinski definition) is 8. The minimum atomic E-state index is -0.873. The summed E-state index contributed by atoms with van der Waals surface area (Å²) in [6.45, 7) is 8.79. The molecule has 0 heterocycles. The Morgan fingerprint density at radius 3 is 2.23 bits per heavy atom. The molecule has 0 spiro atoms. The Balaban J connectivity index is 2.64. The van der Waals surface area contributed by atoms with Crippen molar-refractivity contribution in [2.45, 2.75) is 91.2 Å². The number of benzene rings is 1. The van der Waals surface area contributed by atoms with E-state index in [9.17, 15) is 24.0 Å². The lowest BCUT2D eigenvalue weighted by atomic mass is 9.90. The molecule has 0 aliphatic carbocycles. The number of carbonyl (C=O) groups is 5. The van der Waals surface area contributed by atoms with Gasteiger partial charge in [0.15, 0.2) is 5.78 Å². The van der Waals surface area contributed by atoms with E-state index in [-0.39, 0.29) is 43.2 Å². The molecule has 39 heavy (non-hydrogen) atoms. The second-order valence-electron chi connectivity index (χ2n) is 10.5. The number of amidine groups is 1. The summed E-state index contributed by atoms with van der Waals surface area (Å²) in [5.41, 5.74) is 0.285. The number of amides is 2. The van der Waals surface area contributed by atoms with Gasteiger partial charge in [0, 0.05) is 25.8 Å². The zero-order valence-corrected chi connectivity index (χ0v) is 24.0. The zero-order valence-electron chi connectivity index (χ0n) is 24.0. The van der Waals surface area contributed by atoms with E-state index >= 15 is 0 Å². The summed E-state index contributed by atoms with van der Waals surface area (Å²) < 4.78 is 10.1. The number of nitrogens with zero attached hydrogens (tertiary/aromatic N) is 1. The van der Waals surface area contributed by atoms with E-state index in [1.807, 2.05) is 30.3 Å². The first kappa shape index (κ1) is 33.5. The fourth-order valence-corrected chi connectivity index (χ4v) is 3.75. The van der Waals surface area contributed by atoms with Crippen molar-refractivity contribution < 1.29 is 33.4 Å². The molecular formula is C29H43N3O7. The van der Waals surface area contributed by atoms with Crippen molar-refractivity contribution in [3.8, 4) is 0 Å². The Kier molecular flexibility index (Phi) is 14.7. The Bertz CT molecular complexity index is 1000. The van der Waals surface area contributed by atoms with Crippen molar-refractivity contribution in [3.63, 3.8) is 0 Å². The maximum Gasteiger partial charge on any atom is 0.413 e. The quantitative estimate of drug-likeness (QED) is 0.147. The molecule has 10 nitrogen and oxygen atoms in total. The molecule has 0 fully saturated rings. The maximum atomic E-state index is 13.1. The van der Waals surface area contributed by atoms with Gasteiger partial charge in [-0.05, 0) is 65.9 Å². The lowest BCUT2D eigenvalue weighted by Crippen LogP contribution is -2.42. The summed E-state index contributed by atoms with van der Waals surface area (Å²) in [6, 6.07) is 8.44. The van der Waals surface area contributed by atoms with Gasteiger partial charge < -0.3 is 19.6 Å². The first-order valence-corrected chi connectivity index (χ1v) is 13.2. The van der Waals surface area contributed by atoms with Crippen molar-refractivity contribution in [3.05, 3.63) is 35.9 Å². The van der Waals surface area contributed by atoms with Crippen LogP contribution in [0.5, 0.6) is 0 Å². The molecule has 216 valence electrons. The number of nitrogens with one attached hydrogen (secondary N) is 2. The van der Waals surface area contributed by atoms with Crippen LogP contribution in [0.25, 0.3) is 0 Å². The standard InChI is InChI=1S/C29H43N3O7/c1-20(33)15-16-24(25(34)19-23(27(36)38-6)18-22-12-8-7-9-13-22)32-26(35)14-10-11-17-30-21(2)31-28(37)39-29(3,4)5/h7-9,12-13,23-24H,10-11,14-19H2,1-6H3,(H,32,35)(H,30,31,37)/t23-,24+/m1/s1. The highest BCUT2D eigenvalue weighted by Gasteiger charge is 2.28. The minimum Gasteiger partial charge on any atom is -0.469 e. The molecule has 2 atom stereocenters. The number of methoxy groups -OCH3 is 1. The molecule has 0 aromatic heterocycles. The van der Waals surface area contributed by atoms with Crippen molar-refractivity contribution in [2.24, 2.45) is 10.9 Å². The molecule has 0 radical (unpaired) electrons. The van der Waals surface area contributed by atoms with E-state index < -0.39 is 29.6 Å². The molecule has 2 N–H and O–H groups in total. The van der Waals surface area contributed by atoms with Gasteiger partial charge in [-0.1, -0.05) is 30.3 Å². The van der Waals surface area contributed by atoms with E-state index in [0.29, 0.717) is 31.6 Å². The summed E-state index contributed by atoms with van der Waals surface area (Å²) in [5.74, 6) is -1.51. The van der Waals surface area contributed by atoms with Crippen LogP contribution in [-0.2, 0) is 35.1 Å². The van der Waals surface area contributed by atoms with Crippen LogP contribution in [-0.4, -0.2) is 60.7 Å². The third-order valence-electron chi connectivity index (χ3n) is 5.66. The molecule has 0 saturated carbocycles. The SMILES string of the molecule is COC(=O)[C@@H](CC(=O)[C@H](CCC(C)=O)NC(=O)CCCCN=C(C)NC(=O)OC(C)(C)C)Cc1ccccc1. The third kappa shape index (κ3) is 15.4. The molecule has 0 saturated heterocycles. The smallest absolute Gasteiger partial charge is 0.413 e. The lowest BCUT2D eigenvalue weighted by molar-refractivity contribution is -0.147. The fraction of sp³-hybridized carbons (Fsp3) is 0.586. The zero-order chi connectivity index (χ0) is 29.4. The number of ketones is 2. The Labute approximate surface area is 231 Å². The number of carbonyl (C=O) groups excluding carboxylic acids is 5. The van der Waals surface area contributed by atoms with E-state index in [1.54, 1.807) is 27.7 Å². The van der Waals surface area contributed by atoms with Gasteiger partial charge in [-0.2, -0.15) is 0 Å². The predicted molar refractivity (Wildman–Crippen MR) is 148 cm³/mol. The van der Waals surface area contributed by atoms with E-state index in [1.165, 1.54) is 14.0 Å². The molecule has 0 aliphatic rings. The highest BCUT2D eigenvalue weighted by molar-refractivity contribution is 5.94. The van der Waals surface area contributed by atoms with E-state index in [4.69, 9.17) is 9.47 Å². The van der Waals surface area contributed by atoms with Crippen LogP contribution in [0.1, 0.15) is 78.7 Å². The number of rotatable bonds is 15. The second-order valence-corrected chi connectivity index (χ2v) is 10.5. The summed E-state index contributed by atoms with van der Waals surface area (Å²) in [7, 11) is 1.28. The van der Waals surface area contributed by atoms with Crippen molar-refractivity contribution in [1.29, 1.82) is 0 Å². The van der Waals surface area contributed by atoms with Crippen LogP contribution in [0.15, 0.2) is 35.3 Å². The molecular weight excluding hydrogens is 502 g/mol. The van der Waals surface area contributed by atoms with Gasteiger partial charge in [0.2, 0.25) is 5.91 Å².